The van der Waals surface area contributed by atoms with Crippen molar-refractivity contribution in [3.63, 3.8) is 0 Å². The Bertz CT molecular complexity index is 286. The van der Waals surface area contributed by atoms with Crippen LogP contribution in [0.1, 0.15) is 37.3 Å². The minimum absolute atomic E-state index is 0.492. The standard InChI is InChI=1S/C12H19N3/c1-13-15-9-4-2-3-7-12(15)11-6-5-8-14-10-11/h5-6,8,10,12-13H,2-4,7,9H2,1H3. The van der Waals surface area contributed by atoms with Crippen LogP contribution >= 0.6 is 0 Å². The molecule has 1 aromatic heterocycles. The Morgan fingerprint density at radius 2 is 2.33 bits per heavy atom. The van der Waals surface area contributed by atoms with E-state index in [-0.39, 0.29) is 0 Å². The van der Waals surface area contributed by atoms with Crippen molar-refractivity contribution in [3.05, 3.63) is 30.1 Å². The van der Waals surface area contributed by atoms with Crippen LogP contribution < -0.4 is 5.43 Å². The van der Waals surface area contributed by atoms with Crippen LogP contribution in [0.15, 0.2) is 24.5 Å². The Labute approximate surface area is 91.5 Å². The maximum Gasteiger partial charge on any atom is 0.0508 e. The van der Waals surface area contributed by atoms with Gasteiger partial charge in [-0.15, -0.1) is 0 Å². The molecule has 0 aliphatic carbocycles. The molecule has 15 heavy (non-hydrogen) atoms. The first kappa shape index (κ1) is 10.6. The predicted molar refractivity (Wildman–Crippen MR) is 61.2 cm³/mol. The van der Waals surface area contributed by atoms with Crippen molar-refractivity contribution >= 4 is 0 Å². The van der Waals surface area contributed by atoms with E-state index in [2.05, 4.69) is 21.5 Å². The average Bonchev–Trinajstić information content (AvgIpc) is 2.55. The molecule has 3 heteroatoms. The quantitative estimate of drug-likeness (QED) is 0.801. The molecule has 2 heterocycles. The predicted octanol–water partition coefficient (Wildman–Crippen LogP) is 2.13. The van der Waals surface area contributed by atoms with Crippen molar-refractivity contribution in [2.45, 2.75) is 31.7 Å². The van der Waals surface area contributed by atoms with Gasteiger partial charge in [-0.2, -0.15) is 0 Å². The maximum atomic E-state index is 4.20. The second-order valence-electron chi connectivity index (χ2n) is 4.07. The van der Waals surface area contributed by atoms with Gasteiger partial charge in [0.15, 0.2) is 0 Å². The lowest BCUT2D eigenvalue weighted by atomic mass is 10.0. The summed E-state index contributed by atoms with van der Waals surface area (Å²) in [6, 6.07) is 4.69. The van der Waals surface area contributed by atoms with Gasteiger partial charge in [0.1, 0.15) is 0 Å². The summed E-state index contributed by atoms with van der Waals surface area (Å²) in [5.74, 6) is 0. The molecule has 1 aliphatic rings. The van der Waals surface area contributed by atoms with Gasteiger partial charge in [0.2, 0.25) is 0 Å². The van der Waals surface area contributed by atoms with E-state index < -0.39 is 0 Å². The molecule has 2 rings (SSSR count). The van der Waals surface area contributed by atoms with Crippen molar-refractivity contribution in [3.8, 4) is 0 Å². The number of hydrogen-bond donors (Lipinski definition) is 1. The molecular formula is C12H19N3. The number of nitrogens with one attached hydrogen (secondary N) is 1. The third kappa shape index (κ3) is 2.55. The molecule has 0 amide bonds. The summed E-state index contributed by atoms with van der Waals surface area (Å²) in [7, 11) is 2.01. The second kappa shape index (κ2) is 5.24. The average molecular weight is 205 g/mol. The van der Waals surface area contributed by atoms with Gasteiger partial charge >= 0.3 is 0 Å². The SMILES string of the molecule is CNN1CCCCCC1c1cccnc1. The lowest BCUT2D eigenvalue weighted by Gasteiger charge is -2.28. The zero-order chi connectivity index (χ0) is 10.5. The molecule has 0 saturated carbocycles. The smallest absolute Gasteiger partial charge is 0.0508 e. The Balaban J connectivity index is 2.16. The van der Waals surface area contributed by atoms with Crippen LogP contribution in [0.3, 0.4) is 0 Å². The molecule has 0 bridgehead atoms. The number of pyridine rings is 1. The number of aromatic nitrogens is 1. The lowest BCUT2D eigenvalue weighted by Crippen LogP contribution is -2.38. The van der Waals surface area contributed by atoms with Crippen molar-refractivity contribution in [1.29, 1.82) is 0 Å². The Kier molecular flexibility index (Phi) is 3.69. The fraction of sp³-hybridized carbons (Fsp3) is 0.583. The van der Waals surface area contributed by atoms with Gasteiger partial charge < -0.3 is 0 Å². The highest BCUT2D eigenvalue weighted by atomic mass is 15.5. The van der Waals surface area contributed by atoms with Crippen LogP contribution in [-0.4, -0.2) is 23.6 Å². The third-order valence-corrected chi connectivity index (χ3v) is 3.11. The third-order valence-electron chi connectivity index (χ3n) is 3.11. The number of rotatable bonds is 2. The first-order valence-electron chi connectivity index (χ1n) is 5.76. The van der Waals surface area contributed by atoms with E-state index in [4.69, 9.17) is 0 Å². The minimum Gasteiger partial charge on any atom is -0.264 e. The molecule has 82 valence electrons. The number of hydrogen-bond acceptors (Lipinski definition) is 3. The number of hydrazine groups is 1. The van der Waals surface area contributed by atoms with Gasteiger partial charge in [-0.1, -0.05) is 18.9 Å². The normalized spacial score (nSPS) is 23.7. The van der Waals surface area contributed by atoms with E-state index in [0.717, 1.165) is 6.54 Å². The lowest BCUT2D eigenvalue weighted by molar-refractivity contribution is 0.142. The maximum absolute atomic E-state index is 4.20. The Morgan fingerprint density at radius 1 is 1.40 bits per heavy atom. The first-order chi connectivity index (χ1) is 7.42. The fourth-order valence-corrected chi connectivity index (χ4v) is 2.30. The molecule has 1 aromatic rings. The van der Waals surface area contributed by atoms with E-state index in [9.17, 15) is 0 Å². The highest BCUT2D eigenvalue weighted by Crippen LogP contribution is 2.27. The van der Waals surface area contributed by atoms with Crippen molar-refractivity contribution in [1.82, 2.24) is 15.4 Å². The van der Waals surface area contributed by atoms with E-state index in [0.29, 0.717) is 6.04 Å². The van der Waals surface area contributed by atoms with Crippen LogP contribution in [0.4, 0.5) is 0 Å². The van der Waals surface area contributed by atoms with Crippen LogP contribution in [0, 0.1) is 0 Å². The van der Waals surface area contributed by atoms with E-state index in [1.807, 2.05) is 25.5 Å². The summed E-state index contributed by atoms with van der Waals surface area (Å²) >= 11 is 0. The molecule has 0 radical (unpaired) electrons. The first-order valence-corrected chi connectivity index (χ1v) is 5.76. The summed E-state index contributed by atoms with van der Waals surface area (Å²) in [6.07, 6.45) is 9.00. The van der Waals surface area contributed by atoms with Gasteiger partial charge in [0, 0.05) is 18.9 Å². The molecule has 0 aromatic carbocycles. The topological polar surface area (TPSA) is 28.2 Å². The molecule has 1 atom stereocenters. The minimum atomic E-state index is 0.492. The van der Waals surface area contributed by atoms with Crippen LogP contribution in [0.2, 0.25) is 0 Å². The number of nitrogens with zero attached hydrogens (tertiary/aromatic N) is 2. The molecule has 1 unspecified atom stereocenters. The zero-order valence-electron chi connectivity index (χ0n) is 9.32. The summed E-state index contributed by atoms with van der Waals surface area (Å²) < 4.78 is 0. The zero-order valence-corrected chi connectivity index (χ0v) is 9.32. The summed E-state index contributed by atoms with van der Waals surface area (Å²) in [5, 5.41) is 2.34. The van der Waals surface area contributed by atoms with Gasteiger partial charge in [0.05, 0.1) is 6.04 Å². The fourth-order valence-electron chi connectivity index (χ4n) is 2.30. The molecule has 0 spiro atoms. The van der Waals surface area contributed by atoms with E-state index >= 15 is 0 Å². The van der Waals surface area contributed by atoms with Crippen molar-refractivity contribution in [2.24, 2.45) is 0 Å². The van der Waals surface area contributed by atoms with Gasteiger partial charge in [0.25, 0.3) is 0 Å². The summed E-state index contributed by atoms with van der Waals surface area (Å²) in [4.78, 5) is 4.20. The molecule has 1 fully saturated rings. The Morgan fingerprint density at radius 3 is 3.07 bits per heavy atom. The van der Waals surface area contributed by atoms with Gasteiger partial charge in [-0.25, -0.2) is 5.01 Å². The van der Waals surface area contributed by atoms with E-state index in [1.165, 1.54) is 31.2 Å². The van der Waals surface area contributed by atoms with Crippen molar-refractivity contribution < 1.29 is 0 Å². The Hall–Kier alpha value is -0.930. The van der Waals surface area contributed by atoms with Crippen molar-refractivity contribution in [2.75, 3.05) is 13.6 Å². The van der Waals surface area contributed by atoms with Crippen LogP contribution in [-0.2, 0) is 0 Å². The largest absolute Gasteiger partial charge is 0.264 e. The van der Waals surface area contributed by atoms with E-state index in [1.54, 1.807) is 0 Å². The molecule has 3 nitrogen and oxygen atoms in total. The summed E-state index contributed by atoms with van der Waals surface area (Å²) in [6.45, 7) is 1.13. The molecule has 1 aliphatic heterocycles. The van der Waals surface area contributed by atoms with Gasteiger partial charge in [-0.3, -0.25) is 10.4 Å². The molecular weight excluding hydrogens is 186 g/mol. The van der Waals surface area contributed by atoms with Crippen LogP contribution in [0.25, 0.3) is 0 Å². The monoisotopic (exact) mass is 205 g/mol. The van der Waals surface area contributed by atoms with Crippen LogP contribution in [0.5, 0.6) is 0 Å². The highest BCUT2D eigenvalue weighted by Gasteiger charge is 2.21. The molecule has 1 saturated heterocycles. The highest BCUT2D eigenvalue weighted by molar-refractivity contribution is 5.14. The summed E-state index contributed by atoms with van der Waals surface area (Å²) in [5.41, 5.74) is 4.63. The van der Waals surface area contributed by atoms with Gasteiger partial charge in [-0.05, 0) is 31.5 Å². The second-order valence-corrected chi connectivity index (χ2v) is 4.07. The molecule has 1 N–H and O–H groups in total.